The fourth-order valence-electron chi connectivity index (χ4n) is 3.59. The molecule has 0 bridgehead atoms. The fourth-order valence-corrected chi connectivity index (χ4v) is 4.18. The van der Waals surface area contributed by atoms with Gasteiger partial charge in [-0.1, -0.05) is 115 Å². The average molecular weight is 368 g/mol. The van der Waals surface area contributed by atoms with E-state index in [1.165, 1.54) is 119 Å². The third-order valence-corrected chi connectivity index (χ3v) is 6.85. The van der Waals surface area contributed by atoms with Crippen molar-refractivity contribution in [1.82, 2.24) is 4.90 Å². The Morgan fingerprint density at radius 2 is 1.08 bits per heavy atom. The van der Waals surface area contributed by atoms with E-state index in [2.05, 4.69) is 32.5 Å². The predicted molar refractivity (Wildman–Crippen MR) is 121 cm³/mol. The van der Waals surface area contributed by atoms with Gasteiger partial charge >= 0.3 is 0 Å². The van der Waals surface area contributed by atoms with Crippen LogP contribution in [0.1, 0.15) is 110 Å². The molecule has 0 saturated heterocycles. The van der Waals surface area contributed by atoms with Crippen molar-refractivity contribution in [2.45, 2.75) is 115 Å². The molecule has 1 atom stereocenters. The number of hydrogen-bond donors (Lipinski definition) is 0. The lowest BCUT2D eigenvalue weighted by molar-refractivity contribution is 0.437. The van der Waals surface area contributed by atoms with Crippen molar-refractivity contribution in [3.63, 3.8) is 0 Å². The van der Waals surface area contributed by atoms with Crippen LogP contribution in [0.2, 0.25) is 5.54 Å². The van der Waals surface area contributed by atoms with Crippen LogP contribution in [-0.2, 0) is 0 Å². The van der Waals surface area contributed by atoms with Gasteiger partial charge in [0.2, 0.25) is 0 Å². The van der Waals surface area contributed by atoms with Crippen LogP contribution in [0.5, 0.6) is 0 Å². The van der Waals surface area contributed by atoms with Crippen molar-refractivity contribution in [3.8, 4) is 0 Å². The van der Waals surface area contributed by atoms with Gasteiger partial charge in [0, 0.05) is 16.8 Å². The molecular weight excluding hydrogens is 318 g/mol. The molecule has 0 amide bonds. The van der Waals surface area contributed by atoms with Crippen molar-refractivity contribution >= 4 is 10.2 Å². The Labute approximate surface area is 163 Å². The Morgan fingerprint density at radius 3 is 1.44 bits per heavy atom. The summed E-state index contributed by atoms with van der Waals surface area (Å²) < 4.78 is 0. The Hall–Kier alpha value is -0.0831. The highest BCUT2D eigenvalue weighted by atomic mass is 28.1. The van der Waals surface area contributed by atoms with Gasteiger partial charge in [0.15, 0.2) is 0 Å². The number of rotatable bonds is 19. The van der Waals surface area contributed by atoms with E-state index in [9.17, 15) is 0 Å². The summed E-state index contributed by atoms with van der Waals surface area (Å²) >= 11 is 0. The molecule has 0 aliphatic rings. The molecule has 150 valence electrons. The molecule has 25 heavy (non-hydrogen) atoms. The minimum atomic E-state index is 0.823. The highest BCUT2D eigenvalue weighted by molar-refractivity contribution is 6.13. The van der Waals surface area contributed by atoms with E-state index >= 15 is 0 Å². The maximum Gasteiger partial charge on any atom is 0.0183 e. The van der Waals surface area contributed by atoms with E-state index in [0.29, 0.717) is 0 Å². The topological polar surface area (TPSA) is 3.24 Å². The summed E-state index contributed by atoms with van der Waals surface area (Å²) in [6, 6.07) is 0. The van der Waals surface area contributed by atoms with Gasteiger partial charge in [-0.2, -0.15) is 0 Å². The van der Waals surface area contributed by atoms with E-state index in [-0.39, 0.29) is 0 Å². The smallest absolute Gasteiger partial charge is 0.0183 e. The summed E-state index contributed by atoms with van der Waals surface area (Å²) in [4.78, 5) is 2.25. The van der Waals surface area contributed by atoms with E-state index in [1.54, 1.807) is 0 Å². The second kappa shape index (κ2) is 18.7. The van der Waals surface area contributed by atoms with Crippen LogP contribution in [0.3, 0.4) is 0 Å². The van der Waals surface area contributed by atoms with Gasteiger partial charge in [-0.25, -0.2) is 0 Å². The Morgan fingerprint density at radius 1 is 0.720 bits per heavy atom. The SMILES string of the molecule is C=C(CN(C)C)C([SiH3])CCCCCCCCCCCCCCCCC. The highest BCUT2D eigenvalue weighted by Crippen LogP contribution is 2.21. The Balaban J connectivity index is 3.20. The minimum Gasteiger partial charge on any atom is -0.305 e. The maximum atomic E-state index is 4.28. The van der Waals surface area contributed by atoms with Crippen LogP contribution >= 0.6 is 0 Å². The molecule has 0 spiro atoms. The first-order valence-electron chi connectivity index (χ1n) is 11.4. The van der Waals surface area contributed by atoms with Crippen LogP contribution in [0.15, 0.2) is 12.2 Å². The first-order valence-corrected chi connectivity index (χ1v) is 12.6. The summed E-state index contributed by atoms with van der Waals surface area (Å²) in [5.41, 5.74) is 2.28. The van der Waals surface area contributed by atoms with E-state index < -0.39 is 0 Å². The van der Waals surface area contributed by atoms with Gasteiger partial charge in [0.05, 0.1) is 0 Å². The molecule has 0 aliphatic carbocycles. The zero-order valence-corrected chi connectivity index (χ0v) is 20.3. The first-order chi connectivity index (χ1) is 12.1. The van der Waals surface area contributed by atoms with Gasteiger partial charge in [-0.05, 0) is 26.1 Å². The average Bonchev–Trinajstić information content (AvgIpc) is 2.57. The van der Waals surface area contributed by atoms with Crippen molar-refractivity contribution < 1.29 is 0 Å². The molecule has 0 fully saturated rings. The lowest BCUT2D eigenvalue weighted by Gasteiger charge is -2.18. The van der Waals surface area contributed by atoms with Crippen LogP contribution in [0.4, 0.5) is 0 Å². The quantitative estimate of drug-likeness (QED) is 0.143. The van der Waals surface area contributed by atoms with Crippen molar-refractivity contribution in [2.24, 2.45) is 0 Å². The predicted octanol–water partition coefficient (Wildman–Crippen LogP) is 6.52. The van der Waals surface area contributed by atoms with Gasteiger partial charge in [-0.3, -0.25) is 0 Å². The third kappa shape index (κ3) is 18.5. The summed E-state index contributed by atoms with van der Waals surface area (Å²) in [6.07, 6.45) is 23.2. The van der Waals surface area contributed by atoms with Crippen molar-refractivity contribution in [1.29, 1.82) is 0 Å². The molecule has 0 heterocycles. The van der Waals surface area contributed by atoms with E-state index in [4.69, 9.17) is 0 Å². The second-order valence-corrected chi connectivity index (χ2v) is 9.93. The molecule has 0 radical (unpaired) electrons. The second-order valence-electron chi connectivity index (χ2n) is 8.54. The Bertz CT molecular complexity index is 288. The third-order valence-electron chi connectivity index (χ3n) is 5.46. The van der Waals surface area contributed by atoms with Gasteiger partial charge in [0.1, 0.15) is 0 Å². The molecular formula is C23H49NSi. The zero-order chi connectivity index (χ0) is 18.8. The molecule has 1 unspecified atom stereocenters. The number of likely N-dealkylation sites (N-methyl/N-ethyl adjacent to an activating group) is 1. The molecule has 0 saturated carbocycles. The molecule has 2 heteroatoms. The lowest BCUT2D eigenvalue weighted by atomic mass is 10.0. The number of nitrogens with zero attached hydrogens (tertiary/aromatic N) is 1. The van der Waals surface area contributed by atoms with Crippen molar-refractivity contribution in [3.05, 3.63) is 12.2 Å². The van der Waals surface area contributed by atoms with Crippen LogP contribution in [0, 0.1) is 0 Å². The van der Waals surface area contributed by atoms with Crippen LogP contribution in [0.25, 0.3) is 0 Å². The van der Waals surface area contributed by atoms with E-state index in [1.807, 2.05) is 0 Å². The van der Waals surface area contributed by atoms with Crippen LogP contribution < -0.4 is 0 Å². The molecule has 0 N–H and O–H groups in total. The summed E-state index contributed by atoms with van der Waals surface area (Å²) in [5.74, 6) is 0. The molecule has 0 aromatic rings. The van der Waals surface area contributed by atoms with Gasteiger partial charge in [-0.15, -0.1) is 0 Å². The fraction of sp³-hybridized carbons (Fsp3) is 0.913. The lowest BCUT2D eigenvalue weighted by Crippen LogP contribution is -2.17. The molecule has 0 aromatic heterocycles. The maximum absolute atomic E-state index is 4.28. The summed E-state index contributed by atoms with van der Waals surface area (Å²) in [6.45, 7) is 7.65. The molecule has 1 nitrogen and oxygen atoms in total. The first kappa shape index (κ1) is 24.9. The Kier molecular flexibility index (Phi) is 18.6. The van der Waals surface area contributed by atoms with Gasteiger partial charge < -0.3 is 4.90 Å². The van der Waals surface area contributed by atoms with Crippen LogP contribution in [-0.4, -0.2) is 35.8 Å². The molecule has 0 aromatic carbocycles. The minimum absolute atomic E-state index is 0.823. The van der Waals surface area contributed by atoms with Gasteiger partial charge in [0.25, 0.3) is 0 Å². The highest BCUT2D eigenvalue weighted by Gasteiger charge is 2.07. The standard InChI is InChI=1S/C23H49NSi/c1-5-6-7-8-9-10-11-12-13-14-15-16-17-18-19-20-23(25)22(2)21-24(3)4/h23H,2,5-21H2,1,3-4,25H3. The van der Waals surface area contributed by atoms with Crippen molar-refractivity contribution in [2.75, 3.05) is 20.6 Å². The summed E-state index contributed by atoms with van der Waals surface area (Å²) in [5, 5.41) is 0. The van der Waals surface area contributed by atoms with E-state index in [0.717, 1.165) is 12.1 Å². The molecule has 0 aliphatic heterocycles. The number of unbranched alkanes of at least 4 members (excludes halogenated alkanes) is 14. The number of hydrogen-bond acceptors (Lipinski definition) is 1. The monoisotopic (exact) mass is 367 g/mol. The normalized spacial score (nSPS) is 12.8. The summed E-state index contributed by atoms with van der Waals surface area (Å²) in [7, 11) is 5.57. The zero-order valence-electron chi connectivity index (χ0n) is 18.3. The largest absolute Gasteiger partial charge is 0.305 e. The molecule has 0 rings (SSSR count).